The van der Waals surface area contributed by atoms with Crippen LogP contribution in [0.1, 0.15) is 16.1 Å². The van der Waals surface area contributed by atoms with Crippen LogP contribution in [0.2, 0.25) is 0 Å². The fraction of sp³-hybridized carbons (Fsp3) is 0.200. The molecule has 1 aromatic heterocycles. The van der Waals surface area contributed by atoms with Crippen molar-refractivity contribution in [3.05, 3.63) is 47.7 Å². The van der Waals surface area contributed by atoms with Crippen LogP contribution in [0.25, 0.3) is 10.9 Å². The quantitative estimate of drug-likeness (QED) is 0.483. The summed E-state index contributed by atoms with van der Waals surface area (Å²) in [7, 11) is 6.24. The van der Waals surface area contributed by atoms with Gasteiger partial charge in [0.25, 0.3) is 5.91 Å². The summed E-state index contributed by atoms with van der Waals surface area (Å²) in [5.74, 6) is 2.02. The van der Waals surface area contributed by atoms with Gasteiger partial charge in [-0.3, -0.25) is 4.79 Å². The molecule has 146 valence electrons. The van der Waals surface area contributed by atoms with E-state index in [1.165, 1.54) is 6.21 Å². The summed E-state index contributed by atoms with van der Waals surface area (Å²) in [4.78, 5) is 15.5. The first-order chi connectivity index (χ1) is 13.6. The Morgan fingerprint density at radius 3 is 2.39 bits per heavy atom. The van der Waals surface area contributed by atoms with Gasteiger partial charge in [0, 0.05) is 10.9 Å². The number of carbonyl (C=O) groups is 1. The molecule has 3 rings (SSSR count). The number of amides is 1. The van der Waals surface area contributed by atoms with E-state index in [-0.39, 0.29) is 0 Å². The summed E-state index contributed by atoms with van der Waals surface area (Å²) in [6.45, 7) is 0. The number of rotatable bonds is 7. The predicted octanol–water partition coefficient (Wildman–Crippen LogP) is 2.97. The highest BCUT2D eigenvalue weighted by molar-refractivity contribution is 6.00. The number of carbonyl (C=O) groups excluding carboxylic acids is 1. The fourth-order valence-corrected chi connectivity index (χ4v) is 2.81. The molecule has 1 heterocycles. The topological polar surface area (TPSA) is 94.2 Å². The van der Waals surface area contributed by atoms with E-state index in [9.17, 15) is 4.79 Å². The zero-order valence-electron chi connectivity index (χ0n) is 16.0. The average Bonchev–Trinajstić information content (AvgIpc) is 3.17. The van der Waals surface area contributed by atoms with Gasteiger partial charge in [0.2, 0.25) is 0 Å². The van der Waals surface area contributed by atoms with Gasteiger partial charge >= 0.3 is 0 Å². The Bertz CT molecular complexity index is 1030. The van der Waals surface area contributed by atoms with Crippen LogP contribution in [0.4, 0.5) is 0 Å². The molecular weight excluding hydrogens is 362 g/mol. The van der Waals surface area contributed by atoms with E-state index in [1.54, 1.807) is 58.8 Å². The van der Waals surface area contributed by atoms with Crippen molar-refractivity contribution >= 4 is 23.0 Å². The minimum atomic E-state index is -0.393. The number of nitrogens with zero attached hydrogens (tertiary/aromatic N) is 1. The molecule has 0 fully saturated rings. The molecule has 28 heavy (non-hydrogen) atoms. The van der Waals surface area contributed by atoms with E-state index < -0.39 is 5.91 Å². The minimum absolute atomic E-state index is 0.344. The van der Waals surface area contributed by atoms with Crippen molar-refractivity contribution in [2.45, 2.75) is 0 Å². The lowest BCUT2D eigenvalue weighted by Crippen LogP contribution is -2.17. The monoisotopic (exact) mass is 383 g/mol. The Balaban J connectivity index is 1.81. The van der Waals surface area contributed by atoms with E-state index in [1.807, 2.05) is 6.07 Å². The molecule has 0 aliphatic carbocycles. The van der Waals surface area contributed by atoms with Crippen molar-refractivity contribution in [2.75, 3.05) is 28.4 Å². The van der Waals surface area contributed by atoms with Gasteiger partial charge in [-0.25, -0.2) is 5.43 Å². The number of hydrogen-bond donors (Lipinski definition) is 2. The molecule has 3 aromatic rings. The molecule has 2 N–H and O–H groups in total. The third kappa shape index (κ3) is 3.71. The lowest BCUT2D eigenvalue weighted by molar-refractivity contribution is 0.0951. The van der Waals surface area contributed by atoms with Crippen molar-refractivity contribution in [3.8, 4) is 23.0 Å². The molecule has 0 spiro atoms. The van der Waals surface area contributed by atoms with Crippen LogP contribution < -0.4 is 24.4 Å². The van der Waals surface area contributed by atoms with Crippen LogP contribution in [-0.2, 0) is 0 Å². The molecule has 0 unspecified atom stereocenters. The second kappa shape index (κ2) is 8.34. The number of aromatic nitrogens is 1. The first-order valence-corrected chi connectivity index (χ1v) is 8.40. The van der Waals surface area contributed by atoms with Crippen molar-refractivity contribution < 1.29 is 23.7 Å². The van der Waals surface area contributed by atoms with Crippen LogP contribution >= 0.6 is 0 Å². The van der Waals surface area contributed by atoms with E-state index >= 15 is 0 Å². The molecule has 8 heteroatoms. The number of benzene rings is 2. The van der Waals surface area contributed by atoms with Gasteiger partial charge in [0.05, 0.1) is 40.2 Å². The van der Waals surface area contributed by atoms with Crippen molar-refractivity contribution in [1.82, 2.24) is 10.4 Å². The number of H-pyrrole nitrogens is 1. The van der Waals surface area contributed by atoms with Gasteiger partial charge in [-0.05, 0) is 36.4 Å². The summed E-state index contributed by atoms with van der Waals surface area (Å²) in [5.41, 5.74) is 4.26. The molecule has 0 radical (unpaired) electrons. The summed E-state index contributed by atoms with van der Waals surface area (Å²) >= 11 is 0. The van der Waals surface area contributed by atoms with Crippen molar-refractivity contribution in [1.29, 1.82) is 0 Å². The smallest absolute Gasteiger partial charge is 0.287 e. The lowest BCUT2D eigenvalue weighted by Gasteiger charge is -2.07. The Labute approximate surface area is 162 Å². The Kier molecular flexibility index (Phi) is 5.69. The minimum Gasteiger partial charge on any atom is -0.497 e. The first kappa shape index (κ1) is 19.1. The Morgan fingerprint density at radius 1 is 0.964 bits per heavy atom. The Hall–Kier alpha value is -3.68. The highest BCUT2D eigenvalue weighted by atomic mass is 16.5. The third-order valence-electron chi connectivity index (χ3n) is 4.19. The van der Waals surface area contributed by atoms with Gasteiger partial charge in [0.1, 0.15) is 17.2 Å². The molecule has 0 atom stereocenters. The number of hydrazone groups is 1. The normalized spacial score (nSPS) is 10.9. The summed E-state index contributed by atoms with van der Waals surface area (Å²) in [6, 6.07) is 10.6. The number of ether oxygens (including phenoxy) is 4. The highest BCUT2D eigenvalue weighted by Crippen LogP contribution is 2.35. The second-order valence-electron chi connectivity index (χ2n) is 5.75. The first-order valence-electron chi connectivity index (χ1n) is 8.40. The van der Waals surface area contributed by atoms with E-state index in [4.69, 9.17) is 18.9 Å². The zero-order valence-corrected chi connectivity index (χ0v) is 16.0. The average molecular weight is 383 g/mol. The third-order valence-corrected chi connectivity index (χ3v) is 4.19. The highest BCUT2D eigenvalue weighted by Gasteiger charge is 2.15. The van der Waals surface area contributed by atoms with E-state index in [0.717, 1.165) is 10.9 Å². The van der Waals surface area contributed by atoms with Gasteiger partial charge in [-0.2, -0.15) is 5.10 Å². The maximum Gasteiger partial charge on any atom is 0.287 e. The number of aromatic amines is 1. The van der Waals surface area contributed by atoms with Crippen molar-refractivity contribution in [3.63, 3.8) is 0 Å². The molecule has 0 bridgehead atoms. The van der Waals surface area contributed by atoms with Crippen LogP contribution in [0.15, 0.2) is 41.5 Å². The van der Waals surface area contributed by atoms with E-state index in [0.29, 0.717) is 34.3 Å². The molecule has 0 aliphatic rings. The SMILES string of the molecule is COc1ccc(OC)c(/C=N\NC(=O)c2cc3c(OC)c(OC)ccc3[nH]2)c1. The lowest BCUT2D eigenvalue weighted by atomic mass is 10.2. The van der Waals surface area contributed by atoms with Gasteiger partial charge in [-0.15, -0.1) is 0 Å². The summed E-state index contributed by atoms with van der Waals surface area (Å²) < 4.78 is 21.2. The zero-order chi connectivity index (χ0) is 20.1. The number of nitrogens with one attached hydrogen (secondary N) is 2. The number of fused-ring (bicyclic) bond motifs is 1. The van der Waals surface area contributed by atoms with Crippen LogP contribution in [0.3, 0.4) is 0 Å². The molecule has 0 saturated heterocycles. The van der Waals surface area contributed by atoms with Crippen LogP contribution in [0, 0.1) is 0 Å². The standard InChI is InChI=1S/C20H21N3O5/c1-25-13-5-7-17(26-2)12(9-13)11-21-23-20(24)16-10-14-15(22-16)6-8-18(27-3)19(14)28-4/h5-11,22H,1-4H3,(H,23,24)/b21-11-. The maximum absolute atomic E-state index is 12.5. The van der Waals surface area contributed by atoms with Gasteiger partial charge in [-0.1, -0.05) is 0 Å². The largest absolute Gasteiger partial charge is 0.497 e. The van der Waals surface area contributed by atoms with Gasteiger partial charge in [0.15, 0.2) is 11.5 Å². The number of hydrogen-bond acceptors (Lipinski definition) is 6. The second-order valence-corrected chi connectivity index (χ2v) is 5.75. The summed E-state index contributed by atoms with van der Waals surface area (Å²) in [6.07, 6.45) is 1.49. The molecular formula is C20H21N3O5. The molecule has 2 aromatic carbocycles. The molecule has 1 amide bonds. The van der Waals surface area contributed by atoms with E-state index in [2.05, 4.69) is 15.5 Å². The maximum atomic E-state index is 12.5. The van der Waals surface area contributed by atoms with Crippen LogP contribution in [-0.4, -0.2) is 45.5 Å². The molecule has 8 nitrogen and oxygen atoms in total. The Morgan fingerprint density at radius 2 is 1.71 bits per heavy atom. The number of methoxy groups -OCH3 is 4. The molecule has 0 saturated carbocycles. The molecule has 0 aliphatic heterocycles. The predicted molar refractivity (Wildman–Crippen MR) is 106 cm³/mol. The van der Waals surface area contributed by atoms with Crippen LogP contribution in [0.5, 0.6) is 23.0 Å². The van der Waals surface area contributed by atoms with Gasteiger partial charge < -0.3 is 23.9 Å². The van der Waals surface area contributed by atoms with Crippen molar-refractivity contribution in [2.24, 2.45) is 5.10 Å². The fourth-order valence-electron chi connectivity index (χ4n) is 2.81. The summed E-state index contributed by atoms with van der Waals surface area (Å²) in [5, 5.41) is 4.75.